The molecule has 3 aromatic heterocycles. The van der Waals surface area contributed by atoms with Gasteiger partial charge in [-0.2, -0.15) is 9.78 Å². The maximum atomic E-state index is 13.2. The first kappa shape index (κ1) is 19.3. The molecule has 0 saturated heterocycles. The molecule has 10 heteroatoms. The minimum absolute atomic E-state index is 0.000619. The Morgan fingerprint density at radius 1 is 1.28 bits per heavy atom. The second-order valence-corrected chi connectivity index (χ2v) is 6.89. The molecule has 29 heavy (non-hydrogen) atoms. The molecule has 3 heterocycles. The van der Waals surface area contributed by atoms with Crippen LogP contribution in [0.5, 0.6) is 5.75 Å². The van der Waals surface area contributed by atoms with Gasteiger partial charge in [0, 0.05) is 6.07 Å². The molecular weight excluding hydrogens is 419 g/mol. The van der Waals surface area contributed by atoms with Crippen molar-refractivity contribution in [1.82, 2.24) is 14.9 Å². The summed E-state index contributed by atoms with van der Waals surface area (Å²) in [4.78, 5) is 0. The average molecular weight is 433 g/mol. The van der Waals surface area contributed by atoms with Crippen LogP contribution in [0.25, 0.3) is 11.6 Å². The lowest BCUT2D eigenvalue weighted by Gasteiger charge is -2.04. The van der Waals surface area contributed by atoms with Gasteiger partial charge >= 0.3 is 0 Å². The molecule has 7 nitrogen and oxygen atoms in total. The van der Waals surface area contributed by atoms with E-state index in [0.29, 0.717) is 34.0 Å². The van der Waals surface area contributed by atoms with Crippen molar-refractivity contribution in [2.24, 2.45) is 5.10 Å². The van der Waals surface area contributed by atoms with E-state index in [1.807, 2.05) is 6.26 Å². The van der Waals surface area contributed by atoms with Crippen molar-refractivity contribution in [3.05, 3.63) is 71.1 Å². The van der Waals surface area contributed by atoms with Crippen LogP contribution in [0.3, 0.4) is 0 Å². The molecule has 4 rings (SSSR count). The van der Waals surface area contributed by atoms with Crippen molar-refractivity contribution in [3.8, 4) is 17.3 Å². The van der Waals surface area contributed by atoms with E-state index in [0.717, 1.165) is 0 Å². The van der Waals surface area contributed by atoms with Gasteiger partial charge in [0.2, 0.25) is 11.0 Å². The molecule has 0 unspecified atom stereocenters. The Bertz CT molecular complexity index is 1140. The molecule has 148 valence electrons. The van der Waals surface area contributed by atoms with Crippen LogP contribution < -0.4 is 4.74 Å². The summed E-state index contributed by atoms with van der Waals surface area (Å²) in [6.07, 6.45) is 4.99. The van der Waals surface area contributed by atoms with Crippen LogP contribution >= 0.6 is 23.4 Å². The summed E-state index contributed by atoms with van der Waals surface area (Å²) in [5.74, 6) is 2.09. The Labute approximate surface area is 174 Å². The van der Waals surface area contributed by atoms with Crippen LogP contribution in [0, 0.1) is 5.82 Å². The Balaban J connectivity index is 1.47. The summed E-state index contributed by atoms with van der Waals surface area (Å²) < 4.78 is 31.4. The van der Waals surface area contributed by atoms with E-state index in [1.54, 1.807) is 41.4 Å². The lowest BCUT2D eigenvalue weighted by atomic mass is 10.3. The number of hydrogen-bond donors (Lipinski definition) is 0. The number of benzene rings is 1. The van der Waals surface area contributed by atoms with Crippen molar-refractivity contribution in [3.63, 3.8) is 0 Å². The fraction of sp³-hybridized carbons (Fsp3) is 0.105. The summed E-state index contributed by atoms with van der Waals surface area (Å²) in [5.41, 5.74) is 0. The molecule has 0 fully saturated rings. The molecule has 4 aromatic rings. The van der Waals surface area contributed by atoms with Gasteiger partial charge in [-0.3, -0.25) is 0 Å². The van der Waals surface area contributed by atoms with Gasteiger partial charge in [0.05, 0.1) is 17.5 Å². The Morgan fingerprint density at radius 3 is 2.93 bits per heavy atom. The minimum Gasteiger partial charge on any atom is -0.486 e. The molecule has 0 N–H and O–H groups in total. The number of nitrogens with zero attached hydrogens (tertiary/aromatic N) is 4. The average Bonchev–Trinajstić information content (AvgIpc) is 3.47. The molecule has 0 aliphatic heterocycles. The molecule has 0 saturated carbocycles. The van der Waals surface area contributed by atoms with Crippen molar-refractivity contribution < 1.29 is 18.0 Å². The van der Waals surface area contributed by atoms with E-state index in [4.69, 9.17) is 25.2 Å². The predicted octanol–water partition coefficient (Wildman–Crippen LogP) is 5.11. The van der Waals surface area contributed by atoms with Gasteiger partial charge in [-0.05, 0) is 42.7 Å². The fourth-order valence-electron chi connectivity index (χ4n) is 2.43. The van der Waals surface area contributed by atoms with Crippen molar-refractivity contribution >= 4 is 29.6 Å². The number of furan rings is 2. The maximum absolute atomic E-state index is 13.2. The van der Waals surface area contributed by atoms with Crippen LogP contribution in [-0.2, 0) is 6.61 Å². The summed E-state index contributed by atoms with van der Waals surface area (Å²) in [6, 6.07) is 11.2. The molecular formula is C19H14ClFN4O3S. The number of rotatable bonds is 7. The molecule has 0 spiro atoms. The largest absolute Gasteiger partial charge is 0.486 e. The summed E-state index contributed by atoms with van der Waals surface area (Å²) in [5, 5.41) is 13.2. The third-order valence-corrected chi connectivity index (χ3v) is 4.70. The minimum atomic E-state index is -0.497. The van der Waals surface area contributed by atoms with E-state index in [1.165, 1.54) is 30.0 Å². The van der Waals surface area contributed by atoms with Gasteiger partial charge in [0.25, 0.3) is 0 Å². The quantitative estimate of drug-likeness (QED) is 0.298. The Morgan fingerprint density at radius 2 is 2.17 bits per heavy atom. The first-order chi connectivity index (χ1) is 14.1. The Kier molecular flexibility index (Phi) is 5.68. The van der Waals surface area contributed by atoms with Gasteiger partial charge in [-0.15, -0.1) is 10.2 Å². The first-order valence-electron chi connectivity index (χ1n) is 8.38. The van der Waals surface area contributed by atoms with Crippen molar-refractivity contribution in [1.29, 1.82) is 0 Å². The number of ether oxygens (including phenoxy) is 1. The van der Waals surface area contributed by atoms with Crippen LogP contribution in [0.15, 0.2) is 67.8 Å². The summed E-state index contributed by atoms with van der Waals surface area (Å²) >= 11 is 7.16. The number of hydrogen-bond acceptors (Lipinski definition) is 7. The van der Waals surface area contributed by atoms with Crippen LogP contribution in [0.1, 0.15) is 11.5 Å². The smallest absolute Gasteiger partial charge is 0.221 e. The fourth-order valence-corrected chi connectivity index (χ4v) is 3.03. The van der Waals surface area contributed by atoms with Gasteiger partial charge in [-0.25, -0.2) is 4.39 Å². The predicted molar refractivity (Wildman–Crippen MR) is 107 cm³/mol. The van der Waals surface area contributed by atoms with Crippen LogP contribution in [0.2, 0.25) is 5.02 Å². The number of halogens is 2. The van der Waals surface area contributed by atoms with E-state index in [9.17, 15) is 4.39 Å². The first-order valence-corrected chi connectivity index (χ1v) is 9.98. The highest BCUT2D eigenvalue weighted by molar-refractivity contribution is 7.98. The van der Waals surface area contributed by atoms with E-state index in [-0.39, 0.29) is 11.6 Å². The Hall–Kier alpha value is -3.04. The molecule has 0 atom stereocenters. The number of aromatic nitrogens is 3. The highest BCUT2D eigenvalue weighted by Crippen LogP contribution is 2.24. The molecule has 0 bridgehead atoms. The molecule has 0 amide bonds. The lowest BCUT2D eigenvalue weighted by Crippen LogP contribution is -1.96. The monoisotopic (exact) mass is 432 g/mol. The highest BCUT2D eigenvalue weighted by atomic mass is 35.5. The van der Waals surface area contributed by atoms with Gasteiger partial charge in [-0.1, -0.05) is 23.4 Å². The van der Waals surface area contributed by atoms with Gasteiger partial charge < -0.3 is 13.6 Å². The number of thioether (sulfide) groups is 1. The maximum Gasteiger partial charge on any atom is 0.221 e. The highest BCUT2D eigenvalue weighted by Gasteiger charge is 2.15. The summed E-state index contributed by atoms with van der Waals surface area (Å²) in [6.45, 7) is 0.163. The van der Waals surface area contributed by atoms with E-state index >= 15 is 0 Å². The lowest BCUT2D eigenvalue weighted by molar-refractivity contribution is 0.269. The zero-order valence-electron chi connectivity index (χ0n) is 15.1. The normalized spacial score (nSPS) is 11.4. The van der Waals surface area contributed by atoms with Crippen LogP contribution in [-0.4, -0.2) is 27.3 Å². The van der Waals surface area contributed by atoms with Crippen molar-refractivity contribution in [2.75, 3.05) is 6.26 Å². The zero-order chi connectivity index (χ0) is 20.2. The second kappa shape index (κ2) is 8.54. The van der Waals surface area contributed by atoms with Gasteiger partial charge in [0.1, 0.15) is 29.7 Å². The molecule has 0 radical (unpaired) electrons. The van der Waals surface area contributed by atoms with Crippen LogP contribution in [0.4, 0.5) is 4.39 Å². The molecule has 1 aromatic carbocycles. The van der Waals surface area contributed by atoms with E-state index < -0.39 is 5.82 Å². The van der Waals surface area contributed by atoms with Crippen molar-refractivity contribution in [2.45, 2.75) is 11.8 Å². The zero-order valence-corrected chi connectivity index (χ0v) is 16.7. The SMILES string of the molecule is CSc1nnc(-c2ccco2)n1/N=C\c1ccc(COc2ccc(F)c(Cl)c2)o1. The topological polar surface area (TPSA) is 78.6 Å². The third kappa shape index (κ3) is 4.36. The van der Waals surface area contributed by atoms with Gasteiger partial charge in [0.15, 0.2) is 5.76 Å². The third-order valence-electron chi connectivity index (χ3n) is 3.79. The van der Waals surface area contributed by atoms with E-state index in [2.05, 4.69) is 15.3 Å². The molecule has 0 aliphatic carbocycles. The molecule has 0 aliphatic rings. The summed E-state index contributed by atoms with van der Waals surface area (Å²) in [7, 11) is 0. The standard InChI is InChI=1S/C19H14ClFN4O3S/c1-29-19-24-23-18(17-3-2-8-26-17)25(19)22-10-13-4-5-14(28-13)11-27-12-6-7-16(21)15(20)9-12/h2-10H,11H2,1H3/b22-10-. The second-order valence-electron chi connectivity index (χ2n) is 5.71.